The molecular formula is C24H39IN6. The fraction of sp³-hybridized carbons (Fsp3) is 0.583. The van der Waals surface area contributed by atoms with Crippen LogP contribution in [0.1, 0.15) is 50.9 Å². The average molecular weight is 539 g/mol. The van der Waals surface area contributed by atoms with Crippen LogP contribution in [0.3, 0.4) is 0 Å². The van der Waals surface area contributed by atoms with Crippen LogP contribution in [0.5, 0.6) is 0 Å². The molecule has 1 aromatic carbocycles. The van der Waals surface area contributed by atoms with Crippen LogP contribution in [-0.2, 0) is 13.1 Å². The van der Waals surface area contributed by atoms with Crippen molar-refractivity contribution < 1.29 is 0 Å². The van der Waals surface area contributed by atoms with E-state index in [9.17, 15) is 0 Å². The second kappa shape index (κ2) is 13.7. The summed E-state index contributed by atoms with van der Waals surface area (Å²) in [4.78, 5) is 11.7. The van der Waals surface area contributed by atoms with Crippen molar-refractivity contribution in [2.24, 2.45) is 4.99 Å². The van der Waals surface area contributed by atoms with Crippen LogP contribution in [0.25, 0.3) is 0 Å². The topological polar surface area (TPSA) is 57.5 Å². The molecule has 2 N–H and O–H groups in total. The molecule has 2 unspecified atom stereocenters. The van der Waals surface area contributed by atoms with E-state index in [1.165, 1.54) is 5.56 Å². The molecule has 0 spiro atoms. The number of halogens is 1. The maximum Gasteiger partial charge on any atom is 0.191 e. The number of likely N-dealkylation sites (tertiary alicyclic amines) is 1. The number of piperidine rings is 1. The molecule has 1 aliphatic rings. The third-order valence-electron chi connectivity index (χ3n) is 5.93. The van der Waals surface area contributed by atoms with E-state index < -0.39 is 0 Å². The molecule has 31 heavy (non-hydrogen) atoms. The molecular weight excluding hydrogens is 499 g/mol. The van der Waals surface area contributed by atoms with Crippen LogP contribution >= 0.6 is 24.0 Å². The van der Waals surface area contributed by atoms with Gasteiger partial charge in [-0.2, -0.15) is 0 Å². The minimum atomic E-state index is 0. The zero-order valence-corrected chi connectivity index (χ0v) is 21.6. The third kappa shape index (κ3) is 8.44. The van der Waals surface area contributed by atoms with Crippen LogP contribution < -0.4 is 10.6 Å². The van der Waals surface area contributed by atoms with Gasteiger partial charge in [0.15, 0.2) is 5.96 Å². The molecule has 7 heteroatoms. The van der Waals surface area contributed by atoms with Crippen molar-refractivity contribution in [2.45, 2.75) is 71.6 Å². The van der Waals surface area contributed by atoms with Crippen LogP contribution in [0.2, 0.25) is 0 Å². The van der Waals surface area contributed by atoms with Crippen molar-refractivity contribution in [3.8, 4) is 0 Å². The summed E-state index contributed by atoms with van der Waals surface area (Å²) in [6.07, 6.45) is 8.43. The van der Waals surface area contributed by atoms with Gasteiger partial charge in [0.2, 0.25) is 0 Å². The maximum atomic E-state index is 4.82. The number of imidazole rings is 1. The van der Waals surface area contributed by atoms with E-state index in [4.69, 9.17) is 4.99 Å². The predicted molar refractivity (Wildman–Crippen MR) is 140 cm³/mol. The molecule has 0 bridgehead atoms. The Morgan fingerprint density at radius 3 is 2.71 bits per heavy atom. The van der Waals surface area contributed by atoms with Gasteiger partial charge in [0.1, 0.15) is 5.82 Å². The van der Waals surface area contributed by atoms with Crippen molar-refractivity contribution in [3.05, 3.63) is 54.1 Å². The standard InChI is InChI=1S/C24H38N6.HI/c1-4-25-24(27-13-8-9-15-29-17-14-26-21(29)3)28-23-12-16-30(20(2)18-23)19-22-10-6-5-7-11-22;/h5-7,10-11,14,17,20,23H,4,8-9,12-13,15-16,18-19H2,1-3H3,(H2,25,27,28);1H. The number of nitrogens with one attached hydrogen (secondary N) is 2. The first-order chi connectivity index (χ1) is 14.7. The maximum absolute atomic E-state index is 4.82. The molecule has 1 aliphatic heterocycles. The van der Waals surface area contributed by atoms with Gasteiger partial charge in [-0.3, -0.25) is 9.89 Å². The molecule has 0 saturated carbocycles. The first kappa shape index (κ1) is 25.6. The quantitative estimate of drug-likeness (QED) is 0.218. The summed E-state index contributed by atoms with van der Waals surface area (Å²) in [5, 5.41) is 7.10. The number of aromatic nitrogens is 2. The number of guanidine groups is 1. The minimum absolute atomic E-state index is 0. The predicted octanol–water partition coefficient (Wildman–Crippen LogP) is 4.20. The highest BCUT2D eigenvalue weighted by Crippen LogP contribution is 2.20. The van der Waals surface area contributed by atoms with Gasteiger partial charge in [0, 0.05) is 57.2 Å². The van der Waals surface area contributed by atoms with Gasteiger partial charge in [0.25, 0.3) is 0 Å². The molecule has 2 aromatic rings. The number of unbranched alkanes of at least 4 members (excludes halogenated alkanes) is 1. The van der Waals surface area contributed by atoms with Gasteiger partial charge < -0.3 is 15.2 Å². The highest BCUT2D eigenvalue weighted by atomic mass is 127. The Bertz CT molecular complexity index is 775. The number of nitrogens with zero attached hydrogens (tertiary/aromatic N) is 4. The first-order valence-electron chi connectivity index (χ1n) is 11.5. The van der Waals surface area contributed by atoms with E-state index in [0.29, 0.717) is 12.1 Å². The van der Waals surface area contributed by atoms with Gasteiger partial charge in [-0.15, -0.1) is 24.0 Å². The molecule has 2 atom stereocenters. The number of hydrogen-bond acceptors (Lipinski definition) is 3. The summed E-state index contributed by atoms with van der Waals surface area (Å²) < 4.78 is 2.21. The highest BCUT2D eigenvalue weighted by molar-refractivity contribution is 14.0. The molecule has 1 aromatic heterocycles. The van der Waals surface area contributed by atoms with Crippen LogP contribution in [0.4, 0.5) is 0 Å². The number of rotatable bonds is 9. The summed E-state index contributed by atoms with van der Waals surface area (Å²) in [6.45, 7) is 11.5. The third-order valence-corrected chi connectivity index (χ3v) is 5.93. The average Bonchev–Trinajstić information content (AvgIpc) is 3.15. The largest absolute Gasteiger partial charge is 0.357 e. The SMILES string of the molecule is CCNC(=NCCCCn1ccnc1C)NC1CCN(Cc2ccccc2)C(C)C1.I. The zero-order chi connectivity index (χ0) is 21.2. The summed E-state index contributed by atoms with van der Waals surface area (Å²) in [5.41, 5.74) is 1.40. The summed E-state index contributed by atoms with van der Waals surface area (Å²) in [7, 11) is 0. The van der Waals surface area contributed by atoms with Gasteiger partial charge >= 0.3 is 0 Å². The Morgan fingerprint density at radius 2 is 2.03 bits per heavy atom. The smallest absolute Gasteiger partial charge is 0.191 e. The van der Waals surface area contributed by atoms with Gasteiger partial charge in [-0.25, -0.2) is 4.98 Å². The monoisotopic (exact) mass is 538 g/mol. The molecule has 0 amide bonds. The zero-order valence-electron chi connectivity index (χ0n) is 19.3. The van der Waals surface area contributed by atoms with Crippen molar-refractivity contribution in [3.63, 3.8) is 0 Å². The van der Waals surface area contributed by atoms with Gasteiger partial charge in [-0.1, -0.05) is 30.3 Å². The van der Waals surface area contributed by atoms with E-state index in [1.807, 2.05) is 6.20 Å². The Morgan fingerprint density at radius 1 is 1.23 bits per heavy atom. The Labute approximate surface area is 204 Å². The summed E-state index contributed by atoms with van der Waals surface area (Å²) in [6, 6.07) is 11.8. The second-order valence-electron chi connectivity index (χ2n) is 8.31. The van der Waals surface area contributed by atoms with E-state index in [0.717, 1.165) is 70.2 Å². The molecule has 2 heterocycles. The molecule has 6 nitrogen and oxygen atoms in total. The van der Waals surface area contributed by atoms with E-state index in [-0.39, 0.29) is 24.0 Å². The Kier molecular flexibility index (Phi) is 11.4. The molecule has 1 fully saturated rings. The van der Waals surface area contributed by atoms with Crippen LogP contribution in [0.15, 0.2) is 47.7 Å². The summed E-state index contributed by atoms with van der Waals surface area (Å²) in [5.74, 6) is 2.05. The van der Waals surface area contributed by atoms with E-state index >= 15 is 0 Å². The lowest BCUT2D eigenvalue weighted by Crippen LogP contribution is -2.51. The normalized spacial score (nSPS) is 19.6. The van der Waals surface area contributed by atoms with E-state index in [1.54, 1.807) is 0 Å². The number of hydrogen-bond donors (Lipinski definition) is 2. The summed E-state index contributed by atoms with van der Waals surface area (Å²) >= 11 is 0. The minimum Gasteiger partial charge on any atom is -0.357 e. The van der Waals surface area contributed by atoms with Crippen molar-refractivity contribution in [1.82, 2.24) is 25.1 Å². The van der Waals surface area contributed by atoms with Crippen LogP contribution in [0, 0.1) is 6.92 Å². The number of aryl methyl sites for hydroxylation is 2. The highest BCUT2D eigenvalue weighted by Gasteiger charge is 2.25. The van der Waals surface area contributed by atoms with Crippen LogP contribution in [-0.4, -0.2) is 52.1 Å². The lowest BCUT2D eigenvalue weighted by atomic mass is 9.97. The Balaban J connectivity index is 0.00000341. The lowest BCUT2D eigenvalue weighted by Gasteiger charge is -2.38. The molecule has 1 saturated heterocycles. The number of benzene rings is 1. The fourth-order valence-corrected chi connectivity index (χ4v) is 4.14. The molecule has 0 aliphatic carbocycles. The fourth-order valence-electron chi connectivity index (χ4n) is 4.14. The van der Waals surface area contributed by atoms with Crippen molar-refractivity contribution >= 4 is 29.9 Å². The molecule has 3 rings (SSSR count). The van der Waals surface area contributed by atoms with Gasteiger partial charge in [0.05, 0.1) is 0 Å². The molecule has 172 valence electrons. The second-order valence-corrected chi connectivity index (χ2v) is 8.31. The lowest BCUT2D eigenvalue weighted by molar-refractivity contribution is 0.134. The number of aliphatic imine (C=N–C) groups is 1. The first-order valence-corrected chi connectivity index (χ1v) is 11.5. The van der Waals surface area contributed by atoms with Gasteiger partial charge in [-0.05, 0) is 52.0 Å². The van der Waals surface area contributed by atoms with Crippen molar-refractivity contribution in [1.29, 1.82) is 0 Å². The van der Waals surface area contributed by atoms with Crippen molar-refractivity contribution in [2.75, 3.05) is 19.6 Å². The van der Waals surface area contributed by atoms with E-state index in [2.05, 4.69) is 82.4 Å². The molecule has 0 radical (unpaired) electrons. The Hall–Kier alpha value is -1.61.